The van der Waals surface area contributed by atoms with E-state index in [2.05, 4.69) is 11.9 Å². The first kappa shape index (κ1) is 19.6. The fourth-order valence-corrected chi connectivity index (χ4v) is 2.94. The fourth-order valence-electron chi connectivity index (χ4n) is 1.86. The molecule has 0 radical (unpaired) electrons. The van der Waals surface area contributed by atoms with Crippen molar-refractivity contribution in [2.24, 2.45) is 0 Å². The summed E-state index contributed by atoms with van der Waals surface area (Å²) in [6.07, 6.45) is 3.07. The maximum atomic E-state index is 12.4. The summed E-state index contributed by atoms with van der Waals surface area (Å²) < 4.78 is 30.0. The maximum Gasteiger partial charge on any atom is 0.297 e. The molecule has 0 aliphatic heterocycles. The molecular formula is C17H25NO4S. The molecular weight excluding hydrogens is 314 g/mol. The third-order valence-electron chi connectivity index (χ3n) is 3.28. The first-order chi connectivity index (χ1) is 10.8. The lowest BCUT2D eigenvalue weighted by molar-refractivity contribution is 0.0442. The standard InChI is InChI=1S/C17H25NO4S/c1-5-6-7-8-14(3)16(17(19)18-4)22-23(20,21)15-11-9-13(2)10-12-15/h7-12,16-19H,3,5-6H2,1-2,4H3/b8-7-/t16-,17?/m0/s1. The monoisotopic (exact) mass is 339 g/mol. The van der Waals surface area contributed by atoms with Crippen LogP contribution >= 0.6 is 0 Å². The molecule has 1 aromatic carbocycles. The Labute approximate surface area is 138 Å². The van der Waals surface area contributed by atoms with E-state index in [9.17, 15) is 13.5 Å². The Morgan fingerprint density at radius 3 is 2.52 bits per heavy atom. The molecule has 0 fully saturated rings. The Morgan fingerprint density at radius 2 is 2.00 bits per heavy atom. The van der Waals surface area contributed by atoms with Gasteiger partial charge in [-0.3, -0.25) is 9.50 Å². The number of aliphatic hydroxyl groups excluding tert-OH is 1. The first-order valence-corrected chi connectivity index (χ1v) is 8.93. The van der Waals surface area contributed by atoms with E-state index < -0.39 is 22.4 Å². The van der Waals surface area contributed by atoms with Gasteiger partial charge < -0.3 is 5.11 Å². The van der Waals surface area contributed by atoms with Crippen molar-refractivity contribution in [1.29, 1.82) is 0 Å². The predicted molar refractivity (Wildman–Crippen MR) is 91.5 cm³/mol. The molecule has 0 aromatic heterocycles. The van der Waals surface area contributed by atoms with Crippen LogP contribution in [-0.4, -0.2) is 32.9 Å². The van der Waals surface area contributed by atoms with E-state index in [-0.39, 0.29) is 4.90 Å². The van der Waals surface area contributed by atoms with Gasteiger partial charge in [0.25, 0.3) is 10.1 Å². The molecule has 6 heteroatoms. The van der Waals surface area contributed by atoms with E-state index in [0.29, 0.717) is 5.57 Å². The van der Waals surface area contributed by atoms with Gasteiger partial charge in [-0.15, -0.1) is 0 Å². The Kier molecular flexibility index (Phi) is 7.64. The summed E-state index contributed by atoms with van der Waals surface area (Å²) in [5.41, 5.74) is 1.33. The van der Waals surface area contributed by atoms with Crippen molar-refractivity contribution < 1.29 is 17.7 Å². The van der Waals surface area contributed by atoms with Crippen LogP contribution in [0.5, 0.6) is 0 Å². The third-order valence-corrected chi connectivity index (χ3v) is 4.59. The van der Waals surface area contributed by atoms with Gasteiger partial charge in [-0.05, 0) is 38.1 Å². The van der Waals surface area contributed by atoms with Crippen LogP contribution in [-0.2, 0) is 14.3 Å². The number of aryl methyl sites for hydroxylation is 1. The molecule has 0 heterocycles. The third kappa shape index (κ3) is 5.91. The van der Waals surface area contributed by atoms with Crippen molar-refractivity contribution in [3.05, 3.63) is 54.1 Å². The molecule has 1 unspecified atom stereocenters. The van der Waals surface area contributed by atoms with E-state index in [1.807, 2.05) is 19.9 Å². The van der Waals surface area contributed by atoms with E-state index in [4.69, 9.17) is 4.18 Å². The van der Waals surface area contributed by atoms with Crippen LogP contribution < -0.4 is 5.32 Å². The highest BCUT2D eigenvalue weighted by molar-refractivity contribution is 7.86. The maximum absolute atomic E-state index is 12.4. The lowest BCUT2D eigenvalue weighted by Crippen LogP contribution is -2.41. The highest BCUT2D eigenvalue weighted by Crippen LogP contribution is 2.20. The molecule has 2 N–H and O–H groups in total. The van der Waals surface area contributed by atoms with E-state index in [0.717, 1.165) is 18.4 Å². The topological polar surface area (TPSA) is 75.6 Å². The minimum absolute atomic E-state index is 0.0433. The van der Waals surface area contributed by atoms with Crippen LogP contribution in [0.15, 0.2) is 53.5 Å². The Balaban J connectivity index is 3.00. The Hall–Kier alpha value is -1.47. The number of rotatable bonds is 9. The number of unbranched alkanes of at least 4 members (excludes halogenated alkanes) is 1. The fraction of sp³-hybridized carbons (Fsp3) is 0.412. The molecule has 1 rings (SSSR count). The second kappa shape index (κ2) is 8.98. The van der Waals surface area contributed by atoms with Crippen LogP contribution in [0.4, 0.5) is 0 Å². The van der Waals surface area contributed by atoms with Crippen molar-refractivity contribution in [3.63, 3.8) is 0 Å². The van der Waals surface area contributed by atoms with Crippen LogP contribution in [0.2, 0.25) is 0 Å². The van der Waals surface area contributed by atoms with E-state index in [1.54, 1.807) is 18.2 Å². The van der Waals surface area contributed by atoms with Crippen molar-refractivity contribution in [1.82, 2.24) is 5.32 Å². The second-order valence-corrected chi connectivity index (χ2v) is 6.86. The first-order valence-electron chi connectivity index (χ1n) is 7.52. The Morgan fingerprint density at radius 1 is 1.39 bits per heavy atom. The molecule has 23 heavy (non-hydrogen) atoms. The lowest BCUT2D eigenvalue weighted by atomic mass is 10.1. The van der Waals surface area contributed by atoms with Gasteiger partial charge >= 0.3 is 0 Å². The summed E-state index contributed by atoms with van der Waals surface area (Å²) in [6.45, 7) is 7.71. The average Bonchev–Trinajstić information content (AvgIpc) is 2.52. The zero-order chi connectivity index (χ0) is 17.5. The second-order valence-electron chi connectivity index (χ2n) is 5.28. The number of aliphatic hydroxyl groups is 1. The number of allylic oxidation sites excluding steroid dienone is 1. The molecule has 0 spiro atoms. The summed E-state index contributed by atoms with van der Waals surface area (Å²) >= 11 is 0. The van der Waals surface area contributed by atoms with Crippen LogP contribution in [0.1, 0.15) is 25.3 Å². The molecule has 0 amide bonds. The number of benzene rings is 1. The molecule has 128 valence electrons. The normalized spacial score (nSPS) is 14.8. The molecule has 0 aliphatic carbocycles. The number of hydrogen-bond donors (Lipinski definition) is 2. The van der Waals surface area contributed by atoms with Crippen LogP contribution in [0, 0.1) is 6.92 Å². The van der Waals surface area contributed by atoms with Gasteiger partial charge in [0.1, 0.15) is 12.3 Å². The summed E-state index contributed by atoms with van der Waals surface area (Å²) in [4.78, 5) is 0.0433. The van der Waals surface area contributed by atoms with Gasteiger partial charge in [-0.25, -0.2) is 0 Å². The zero-order valence-electron chi connectivity index (χ0n) is 13.8. The highest BCUT2D eigenvalue weighted by Gasteiger charge is 2.28. The average molecular weight is 339 g/mol. The van der Waals surface area contributed by atoms with Gasteiger partial charge in [0.15, 0.2) is 0 Å². The predicted octanol–water partition coefficient (Wildman–Crippen LogP) is 2.52. The quantitative estimate of drug-likeness (QED) is 0.411. The molecule has 0 saturated carbocycles. The largest absolute Gasteiger partial charge is 0.375 e. The van der Waals surface area contributed by atoms with Gasteiger partial charge in [0.2, 0.25) is 0 Å². The molecule has 0 saturated heterocycles. The van der Waals surface area contributed by atoms with Crippen LogP contribution in [0.25, 0.3) is 0 Å². The van der Waals surface area contributed by atoms with Gasteiger partial charge in [0.05, 0.1) is 4.90 Å². The van der Waals surface area contributed by atoms with E-state index in [1.165, 1.54) is 19.2 Å². The van der Waals surface area contributed by atoms with Crippen molar-refractivity contribution in [2.75, 3.05) is 7.05 Å². The summed E-state index contributed by atoms with van der Waals surface area (Å²) in [5.74, 6) is 0. The minimum Gasteiger partial charge on any atom is -0.375 e. The summed E-state index contributed by atoms with van der Waals surface area (Å²) in [6, 6.07) is 6.33. The van der Waals surface area contributed by atoms with E-state index >= 15 is 0 Å². The van der Waals surface area contributed by atoms with Crippen molar-refractivity contribution in [3.8, 4) is 0 Å². The highest BCUT2D eigenvalue weighted by atomic mass is 32.2. The molecule has 0 aliphatic rings. The number of hydrogen-bond acceptors (Lipinski definition) is 5. The summed E-state index contributed by atoms with van der Waals surface area (Å²) in [5, 5.41) is 12.6. The Bertz CT molecular complexity index is 635. The smallest absolute Gasteiger partial charge is 0.297 e. The van der Waals surface area contributed by atoms with Gasteiger partial charge in [0, 0.05) is 0 Å². The van der Waals surface area contributed by atoms with Gasteiger partial charge in [-0.2, -0.15) is 8.42 Å². The van der Waals surface area contributed by atoms with Crippen molar-refractivity contribution in [2.45, 2.75) is 43.9 Å². The molecule has 2 atom stereocenters. The minimum atomic E-state index is -4.00. The zero-order valence-corrected chi connectivity index (χ0v) is 14.6. The molecule has 5 nitrogen and oxygen atoms in total. The number of nitrogens with one attached hydrogen (secondary N) is 1. The van der Waals surface area contributed by atoms with Crippen molar-refractivity contribution >= 4 is 10.1 Å². The SMILES string of the molecule is C=C(/C=C\CCC)[C@H](OS(=O)(=O)c1ccc(C)cc1)C(O)NC. The molecule has 1 aromatic rings. The number of likely N-dealkylation sites (N-methyl/N-ethyl adjacent to an activating group) is 1. The molecule has 0 bridgehead atoms. The lowest BCUT2D eigenvalue weighted by Gasteiger charge is -2.23. The van der Waals surface area contributed by atoms with Gasteiger partial charge in [-0.1, -0.05) is 49.8 Å². The summed E-state index contributed by atoms with van der Waals surface area (Å²) in [7, 11) is -2.49. The van der Waals surface area contributed by atoms with Crippen LogP contribution in [0.3, 0.4) is 0 Å².